The number of likely N-dealkylation sites (tertiary alicyclic amines) is 1. The Balaban J connectivity index is 1.59. The van der Waals surface area contributed by atoms with Crippen LogP contribution in [0.5, 0.6) is 0 Å². The molecule has 0 bridgehead atoms. The molecule has 1 aliphatic heterocycles. The molecule has 1 unspecified atom stereocenters. The zero-order chi connectivity index (χ0) is 24.0. The van der Waals surface area contributed by atoms with E-state index in [0.717, 1.165) is 23.9 Å². The van der Waals surface area contributed by atoms with Crippen LogP contribution in [0.3, 0.4) is 0 Å². The molecule has 1 atom stereocenters. The van der Waals surface area contributed by atoms with Crippen molar-refractivity contribution < 1.29 is 19.1 Å². The van der Waals surface area contributed by atoms with Gasteiger partial charge in [-0.1, -0.05) is 19.1 Å². The maximum atomic E-state index is 12.9. The van der Waals surface area contributed by atoms with Crippen molar-refractivity contribution in [2.45, 2.75) is 52.6 Å². The number of carbonyl (C=O) groups excluding carboxylic acids is 3. The second kappa shape index (κ2) is 11.2. The van der Waals surface area contributed by atoms with E-state index in [1.807, 2.05) is 31.2 Å². The van der Waals surface area contributed by atoms with Crippen molar-refractivity contribution in [1.29, 1.82) is 0 Å². The Morgan fingerprint density at radius 1 is 1.09 bits per heavy atom. The Labute approximate surface area is 193 Å². The van der Waals surface area contributed by atoms with E-state index in [-0.39, 0.29) is 48.9 Å². The molecule has 33 heavy (non-hydrogen) atoms. The first-order chi connectivity index (χ1) is 15.9. The van der Waals surface area contributed by atoms with Crippen molar-refractivity contribution in [2.75, 3.05) is 33.3 Å². The summed E-state index contributed by atoms with van der Waals surface area (Å²) in [4.78, 5) is 53.4. The Hall–Kier alpha value is -3.10. The molecule has 3 rings (SSSR count). The molecule has 0 N–H and O–H groups in total. The lowest BCUT2D eigenvalue weighted by Crippen LogP contribution is -2.47. The standard InChI is InChI=1S/C24H34N4O5/c1-4-13-27-19-10-6-7-11-20(19)28(24(27)32)15-12-21(29)25(3)17-22(30)26-14-8-9-18(16-26)23(31)33-5-2/h6-7,10-11,18H,4-5,8-9,12-17H2,1-3H3. The van der Waals surface area contributed by atoms with Gasteiger partial charge in [-0.25, -0.2) is 4.79 Å². The summed E-state index contributed by atoms with van der Waals surface area (Å²) in [6.07, 6.45) is 2.40. The Morgan fingerprint density at radius 3 is 2.39 bits per heavy atom. The Bertz CT molecular complexity index is 1060. The van der Waals surface area contributed by atoms with Crippen molar-refractivity contribution in [2.24, 2.45) is 5.92 Å². The monoisotopic (exact) mass is 458 g/mol. The van der Waals surface area contributed by atoms with Crippen LogP contribution in [-0.2, 0) is 32.2 Å². The van der Waals surface area contributed by atoms with Crippen LogP contribution < -0.4 is 5.69 Å². The molecule has 2 aromatic rings. The largest absolute Gasteiger partial charge is 0.466 e. The van der Waals surface area contributed by atoms with Gasteiger partial charge in [-0.15, -0.1) is 0 Å². The number of ether oxygens (including phenoxy) is 1. The number of rotatable bonds is 9. The third-order valence-corrected chi connectivity index (χ3v) is 6.11. The second-order valence-corrected chi connectivity index (χ2v) is 8.51. The molecule has 1 fully saturated rings. The van der Waals surface area contributed by atoms with E-state index >= 15 is 0 Å². The lowest BCUT2D eigenvalue weighted by molar-refractivity contribution is -0.152. The summed E-state index contributed by atoms with van der Waals surface area (Å²) < 4.78 is 8.46. The highest BCUT2D eigenvalue weighted by molar-refractivity contribution is 5.85. The van der Waals surface area contributed by atoms with Crippen LogP contribution >= 0.6 is 0 Å². The highest BCUT2D eigenvalue weighted by Crippen LogP contribution is 2.18. The van der Waals surface area contributed by atoms with Crippen molar-refractivity contribution in [1.82, 2.24) is 18.9 Å². The van der Waals surface area contributed by atoms with Crippen LogP contribution in [0.25, 0.3) is 11.0 Å². The van der Waals surface area contributed by atoms with Crippen LogP contribution in [0.15, 0.2) is 29.1 Å². The number of aromatic nitrogens is 2. The van der Waals surface area contributed by atoms with E-state index in [4.69, 9.17) is 4.74 Å². The summed E-state index contributed by atoms with van der Waals surface area (Å²) in [5.74, 6) is -0.971. The lowest BCUT2D eigenvalue weighted by atomic mass is 9.98. The molecule has 1 saturated heterocycles. The number of aryl methyl sites for hydroxylation is 2. The van der Waals surface area contributed by atoms with E-state index in [2.05, 4.69) is 0 Å². The van der Waals surface area contributed by atoms with Crippen molar-refractivity contribution in [3.8, 4) is 0 Å². The highest BCUT2D eigenvalue weighted by Gasteiger charge is 2.30. The van der Waals surface area contributed by atoms with E-state index in [9.17, 15) is 19.2 Å². The molecule has 0 spiro atoms. The van der Waals surface area contributed by atoms with Crippen molar-refractivity contribution >= 4 is 28.8 Å². The lowest BCUT2D eigenvalue weighted by Gasteiger charge is -2.32. The highest BCUT2D eigenvalue weighted by atomic mass is 16.5. The number of para-hydroxylation sites is 2. The van der Waals surface area contributed by atoms with Gasteiger partial charge < -0.3 is 14.5 Å². The van der Waals surface area contributed by atoms with E-state index in [1.165, 1.54) is 4.90 Å². The molecular weight excluding hydrogens is 424 g/mol. The third kappa shape index (κ3) is 5.64. The molecular formula is C24H34N4O5. The van der Waals surface area contributed by atoms with Crippen LogP contribution in [0.1, 0.15) is 39.5 Å². The van der Waals surface area contributed by atoms with Gasteiger partial charge in [0.15, 0.2) is 0 Å². The van der Waals surface area contributed by atoms with Gasteiger partial charge in [0.1, 0.15) is 0 Å². The summed E-state index contributed by atoms with van der Waals surface area (Å²) in [6.45, 7) is 5.82. The van der Waals surface area contributed by atoms with Gasteiger partial charge in [-0.05, 0) is 38.3 Å². The van der Waals surface area contributed by atoms with Crippen LogP contribution in [0.4, 0.5) is 0 Å². The summed E-state index contributed by atoms with van der Waals surface area (Å²) in [5, 5.41) is 0. The number of hydrogen-bond acceptors (Lipinski definition) is 5. The van der Waals surface area contributed by atoms with Gasteiger partial charge in [-0.2, -0.15) is 0 Å². The first kappa shape index (κ1) is 24.5. The Kier molecular flexibility index (Phi) is 8.30. The van der Waals surface area contributed by atoms with Gasteiger partial charge in [0.05, 0.1) is 30.1 Å². The second-order valence-electron chi connectivity index (χ2n) is 8.51. The molecule has 1 aliphatic rings. The van der Waals surface area contributed by atoms with Gasteiger partial charge in [0, 0.05) is 39.6 Å². The number of carbonyl (C=O) groups is 3. The first-order valence-corrected chi connectivity index (χ1v) is 11.7. The van der Waals surface area contributed by atoms with Crippen LogP contribution in [0, 0.1) is 5.92 Å². The van der Waals surface area contributed by atoms with E-state index in [1.54, 1.807) is 28.0 Å². The summed E-state index contributed by atoms with van der Waals surface area (Å²) in [6, 6.07) is 7.58. The fraction of sp³-hybridized carbons (Fsp3) is 0.583. The zero-order valence-electron chi connectivity index (χ0n) is 19.8. The number of piperidine rings is 1. The van der Waals surface area contributed by atoms with Gasteiger partial charge in [0.25, 0.3) is 0 Å². The fourth-order valence-electron chi connectivity index (χ4n) is 4.37. The van der Waals surface area contributed by atoms with Gasteiger partial charge >= 0.3 is 11.7 Å². The zero-order valence-corrected chi connectivity index (χ0v) is 19.8. The number of esters is 1. The third-order valence-electron chi connectivity index (χ3n) is 6.11. The number of hydrogen-bond donors (Lipinski definition) is 0. The fourth-order valence-corrected chi connectivity index (χ4v) is 4.37. The topological polar surface area (TPSA) is 93.9 Å². The SMILES string of the molecule is CCCn1c(=O)n(CCC(=O)N(C)CC(=O)N2CCCC(C(=O)OCC)C2)c2ccccc21. The summed E-state index contributed by atoms with van der Waals surface area (Å²) in [5.41, 5.74) is 1.55. The maximum absolute atomic E-state index is 12.9. The molecule has 2 amide bonds. The smallest absolute Gasteiger partial charge is 0.329 e. The maximum Gasteiger partial charge on any atom is 0.329 e. The predicted octanol–water partition coefficient (Wildman–Crippen LogP) is 1.86. The summed E-state index contributed by atoms with van der Waals surface area (Å²) >= 11 is 0. The number of likely N-dealkylation sites (N-methyl/N-ethyl adjacent to an activating group) is 1. The minimum atomic E-state index is -0.309. The molecule has 1 aromatic heterocycles. The predicted molar refractivity (Wildman–Crippen MR) is 125 cm³/mol. The molecule has 1 aromatic carbocycles. The minimum Gasteiger partial charge on any atom is -0.466 e. The minimum absolute atomic E-state index is 0.0547. The van der Waals surface area contributed by atoms with E-state index in [0.29, 0.717) is 32.7 Å². The van der Waals surface area contributed by atoms with Gasteiger partial charge in [-0.3, -0.25) is 23.5 Å². The molecule has 9 heteroatoms. The van der Waals surface area contributed by atoms with Crippen molar-refractivity contribution in [3.05, 3.63) is 34.7 Å². The average Bonchev–Trinajstić information content (AvgIpc) is 3.08. The molecule has 0 saturated carbocycles. The quantitative estimate of drug-likeness (QED) is 0.535. The van der Waals surface area contributed by atoms with Crippen LogP contribution in [-0.4, -0.2) is 70.0 Å². The Morgan fingerprint density at radius 2 is 1.76 bits per heavy atom. The molecule has 0 aliphatic carbocycles. The van der Waals surface area contributed by atoms with Gasteiger partial charge in [0.2, 0.25) is 11.8 Å². The summed E-state index contributed by atoms with van der Waals surface area (Å²) in [7, 11) is 1.59. The molecule has 2 heterocycles. The number of amides is 2. The van der Waals surface area contributed by atoms with Crippen LogP contribution in [0.2, 0.25) is 0 Å². The number of fused-ring (bicyclic) bond motifs is 1. The number of imidazole rings is 1. The molecule has 9 nitrogen and oxygen atoms in total. The normalized spacial score (nSPS) is 16.1. The molecule has 180 valence electrons. The van der Waals surface area contributed by atoms with Crippen molar-refractivity contribution in [3.63, 3.8) is 0 Å². The van der Waals surface area contributed by atoms with E-state index < -0.39 is 0 Å². The number of benzene rings is 1. The average molecular weight is 459 g/mol. The number of nitrogens with zero attached hydrogens (tertiary/aromatic N) is 4. The molecule has 0 radical (unpaired) electrons. The first-order valence-electron chi connectivity index (χ1n) is 11.7.